The summed E-state index contributed by atoms with van der Waals surface area (Å²) in [6.45, 7) is 5.63. The minimum Gasteiger partial charge on any atom is -0.458 e. The van der Waals surface area contributed by atoms with Gasteiger partial charge in [0.25, 0.3) is 5.91 Å². The van der Waals surface area contributed by atoms with E-state index >= 15 is 0 Å². The summed E-state index contributed by atoms with van der Waals surface area (Å²) in [6.07, 6.45) is 1.22. The van der Waals surface area contributed by atoms with Crippen molar-refractivity contribution >= 4 is 17.4 Å². The minimum absolute atomic E-state index is 0.142. The molecule has 0 radical (unpaired) electrons. The van der Waals surface area contributed by atoms with Gasteiger partial charge in [-0.15, -0.1) is 6.58 Å². The van der Waals surface area contributed by atoms with Gasteiger partial charge in [0.1, 0.15) is 5.76 Å². The number of furan rings is 1. The molecule has 2 aromatic rings. The van der Waals surface area contributed by atoms with Crippen molar-refractivity contribution in [2.24, 2.45) is 0 Å². The van der Waals surface area contributed by atoms with Gasteiger partial charge in [-0.1, -0.05) is 24.3 Å². The predicted octanol–water partition coefficient (Wildman–Crippen LogP) is 2.58. The van der Waals surface area contributed by atoms with Crippen LogP contribution >= 0.6 is 0 Å². The lowest BCUT2D eigenvalue weighted by atomic mass is 9.89. The van der Waals surface area contributed by atoms with Gasteiger partial charge in [0, 0.05) is 12.1 Å². The van der Waals surface area contributed by atoms with E-state index in [2.05, 4.69) is 6.58 Å². The maximum absolute atomic E-state index is 12.7. The molecule has 1 unspecified atom stereocenters. The summed E-state index contributed by atoms with van der Waals surface area (Å²) in [5.41, 5.74) is -0.844. The lowest BCUT2D eigenvalue weighted by molar-refractivity contribution is -0.135. The summed E-state index contributed by atoms with van der Waals surface area (Å²) in [5.74, 6) is -0.186. The molecule has 5 nitrogen and oxygen atoms in total. The molecule has 1 aromatic heterocycles. The van der Waals surface area contributed by atoms with Crippen LogP contribution < -0.4 is 4.90 Å². The number of anilines is 1. The first-order valence-corrected chi connectivity index (χ1v) is 7.32. The third-order valence-electron chi connectivity index (χ3n) is 3.98. The van der Waals surface area contributed by atoms with Crippen molar-refractivity contribution in [2.45, 2.75) is 18.9 Å². The number of para-hydroxylation sites is 1. The third-order valence-corrected chi connectivity index (χ3v) is 3.98. The largest absolute Gasteiger partial charge is 0.458 e. The summed E-state index contributed by atoms with van der Waals surface area (Å²) in [6, 6.07) is 10.1. The second-order valence-electron chi connectivity index (χ2n) is 5.59. The van der Waals surface area contributed by atoms with Crippen molar-refractivity contribution in [3.8, 4) is 0 Å². The molecule has 0 saturated heterocycles. The lowest BCUT2D eigenvalue weighted by Crippen LogP contribution is -2.41. The van der Waals surface area contributed by atoms with Crippen LogP contribution in [-0.4, -0.2) is 23.3 Å². The van der Waals surface area contributed by atoms with Crippen LogP contribution in [0.5, 0.6) is 0 Å². The van der Waals surface area contributed by atoms with Gasteiger partial charge in [0.2, 0.25) is 5.78 Å². The molecular weight excluding hydrogens is 294 g/mol. The van der Waals surface area contributed by atoms with Crippen molar-refractivity contribution in [1.82, 2.24) is 0 Å². The second kappa shape index (κ2) is 5.52. The van der Waals surface area contributed by atoms with Gasteiger partial charge in [-0.2, -0.15) is 0 Å². The lowest BCUT2D eigenvalue weighted by Gasteiger charge is -2.21. The summed E-state index contributed by atoms with van der Waals surface area (Å²) < 4.78 is 5.30. The highest BCUT2D eigenvalue weighted by Gasteiger charge is 2.50. The zero-order valence-electron chi connectivity index (χ0n) is 12.8. The van der Waals surface area contributed by atoms with Crippen LogP contribution in [-0.2, 0) is 10.4 Å². The Hall–Kier alpha value is -2.66. The molecular formula is C18H17NO4. The zero-order valence-corrected chi connectivity index (χ0v) is 12.8. The molecule has 2 heterocycles. The molecule has 0 saturated carbocycles. The Morgan fingerprint density at radius 1 is 1.35 bits per heavy atom. The Labute approximate surface area is 133 Å². The van der Waals surface area contributed by atoms with Crippen LogP contribution in [0, 0.1) is 6.92 Å². The molecule has 1 aromatic carbocycles. The molecule has 0 bridgehead atoms. The van der Waals surface area contributed by atoms with Crippen LogP contribution in [0.3, 0.4) is 0 Å². The SMILES string of the molecule is C=CCN1C(=O)C(O)(CC(=O)c2ccc(C)o2)c2ccccc21. The second-order valence-corrected chi connectivity index (χ2v) is 5.59. The van der Waals surface area contributed by atoms with Crippen LogP contribution in [0.4, 0.5) is 5.69 Å². The maximum Gasteiger partial charge on any atom is 0.264 e. The Morgan fingerprint density at radius 2 is 2.09 bits per heavy atom. The third kappa shape index (κ3) is 2.39. The molecule has 1 aliphatic heterocycles. The maximum atomic E-state index is 12.7. The smallest absolute Gasteiger partial charge is 0.264 e. The standard InChI is InChI=1S/C18H17NO4/c1-3-10-19-14-7-5-4-6-13(14)18(22,17(19)21)11-15(20)16-9-8-12(2)23-16/h3-9,22H,1,10-11H2,2H3. The van der Waals surface area contributed by atoms with Crippen molar-refractivity contribution in [2.75, 3.05) is 11.4 Å². The Kier molecular flexibility index (Phi) is 3.66. The number of aryl methyl sites for hydroxylation is 1. The van der Waals surface area contributed by atoms with E-state index in [1.54, 1.807) is 49.4 Å². The van der Waals surface area contributed by atoms with E-state index in [4.69, 9.17) is 4.42 Å². The number of ketones is 1. The summed E-state index contributed by atoms with van der Waals surface area (Å²) >= 11 is 0. The monoisotopic (exact) mass is 311 g/mol. The fourth-order valence-electron chi connectivity index (χ4n) is 2.89. The Bertz CT molecular complexity index is 792. The van der Waals surface area contributed by atoms with Crippen molar-refractivity contribution < 1.29 is 19.1 Å². The van der Waals surface area contributed by atoms with Crippen LogP contribution in [0.25, 0.3) is 0 Å². The number of rotatable bonds is 5. The number of amides is 1. The highest BCUT2D eigenvalue weighted by molar-refractivity contribution is 6.10. The quantitative estimate of drug-likeness (QED) is 0.680. The van der Waals surface area contributed by atoms with E-state index < -0.39 is 17.3 Å². The van der Waals surface area contributed by atoms with Crippen LogP contribution in [0.1, 0.15) is 28.3 Å². The average Bonchev–Trinajstić information content (AvgIpc) is 3.05. The molecule has 23 heavy (non-hydrogen) atoms. The van der Waals surface area contributed by atoms with Gasteiger partial charge in [-0.3, -0.25) is 9.59 Å². The Balaban J connectivity index is 1.98. The van der Waals surface area contributed by atoms with E-state index in [0.717, 1.165) is 0 Å². The number of Topliss-reactive ketones (excluding diaryl/α,β-unsaturated/α-hetero) is 1. The first-order valence-electron chi connectivity index (χ1n) is 7.32. The molecule has 1 N–H and O–H groups in total. The fourth-order valence-corrected chi connectivity index (χ4v) is 2.89. The summed E-state index contributed by atoms with van der Waals surface area (Å²) in [7, 11) is 0. The molecule has 1 atom stereocenters. The van der Waals surface area contributed by atoms with Gasteiger partial charge in [-0.05, 0) is 25.1 Å². The molecule has 1 amide bonds. The van der Waals surface area contributed by atoms with Gasteiger partial charge in [0.05, 0.1) is 12.1 Å². The van der Waals surface area contributed by atoms with E-state index in [-0.39, 0.29) is 18.7 Å². The van der Waals surface area contributed by atoms with E-state index in [9.17, 15) is 14.7 Å². The number of fused-ring (bicyclic) bond motifs is 1. The van der Waals surface area contributed by atoms with Gasteiger partial charge in [0.15, 0.2) is 11.4 Å². The first kappa shape index (κ1) is 15.2. The molecule has 3 rings (SSSR count). The van der Waals surface area contributed by atoms with E-state index in [0.29, 0.717) is 17.0 Å². The topological polar surface area (TPSA) is 70.8 Å². The zero-order chi connectivity index (χ0) is 16.6. The predicted molar refractivity (Wildman–Crippen MR) is 85.3 cm³/mol. The van der Waals surface area contributed by atoms with Gasteiger partial charge in [-0.25, -0.2) is 0 Å². The number of hydrogen-bond donors (Lipinski definition) is 1. The van der Waals surface area contributed by atoms with Crippen LogP contribution in [0.15, 0.2) is 53.5 Å². The molecule has 118 valence electrons. The van der Waals surface area contributed by atoms with Crippen molar-refractivity contribution in [3.63, 3.8) is 0 Å². The average molecular weight is 311 g/mol. The minimum atomic E-state index is -1.88. The Morgan fingerprint density at radius 3 is 2.74 bits per heavy atom. The first-order chi connectivity index (χ1) is 11.0. The highest BCUT2D eigenvalue weighted by atomic mass is 16.3. The normalized spacial score (nSPS) is 19.7. The number of nitrogens with zero attached hydrogens (tertiary/aromatic N) is 1. The number of carbonyl (C=O) groups excluding carboxylic acids is 2. The fraction of sp³-hybridized carbons (Fsp3) is 0.222. The number of hydrogen-bond acceptors (Lipinski definition) is 4. The molecule has 1 aliphatic rings. The summed E-state index contributed by atoms with van der Waals surface area (Å²) in [4.78, 5) is 26.5. The number of benzene rings is 1. The molecule has 0 spiro atoms. The highest BCUT2D eigenvalue weighted by Crippen LogP contribution is 2.42. The number of aliphatic hydroxyl groups is 1. The molecule has 0 aliphatic carbocycles. The molecule has 5 heteroatoms. The van der Waals surface area contributed by atoms with E-state index in [1.165, 1.54) is 4.90 Å². The van der Waals surface area contributed by atoms with E-state index in [1.807, 2.05) is 0 Å². The summed E-state index contributed by atoms with van der Waals surface area (Å²) in [5, 5.41) is 11.0. The van der Waals surface area contributed by atoms with Crippen LogP contribution in [0.2, 0.25) is 0 Å². The van der Waals surface area contributed by atoms with Gasteiger partial charge < -0.3 is 14.4 Å². The van der Waals surface area contributed by atoms with Crippen molar-refractivity contribution in [3.05, 3.63) is 66.1 Å². The van der Waals surface area contributed by atoms with Gasteiger partial charge >= 0.3 is 0 Å². The molecule has 0 fully saturated rings. The number of carbonyl (C=O) groups is 2. The van der Waals surface area contributed by atoms with Crippen molar-refractivity contribution in [1.29, 1.82) is 0 Å².